The molecular weight excluding hydrogens is 348 g/mol. The van der Waals surface area contributed by atoms with Crippen LogP contribution in [0, 0.1) is 0 Å². The van der Waals surface area contributed by atoms with Gasteiger partial charge in [-0.05, 0) is 35.4 Å². The molecule has 3 aromatic carbocycles. The molecule has 3 aromatic rings. The summed E-state index contributed by atoms with van der Waals surface area (Å²) in [6, 6.07) is 23.2. The maximum Gasteiger partial charge on any atom is 0.132 e. The molecule has 0 bridgehead atoms. The predicted octanol–water partition coefficient (Wildman–Crippen LogP) is 6.55. The molecule has 1 aliphatic heterocycles. The maximum absolute atomic E-state index is 6.19. The number of hydrogen-bond acceptors (Lipinski definition) is 1. The third-order valence-electron chi connectivity index (χ3n) is 4.61. The summed E-state index contributed by atoms with van der Waals surface area (Å²) in [5.41, 5.74) is 4.78. The van der Waals surface area contributed by atoms with E-state index in [0.717, 1.165) is 16.0 Å². The molecule has 0 fully saturated rings. The Morgan fingerprint density at radius 3 is 2.17 bits per heavy atom. The summed E-state index contributed by atoms with van der Waals surface area (Å²) in [4.78, 5) is 0. The van der Waals surface area contributed by atoms with Crippen LogP contribution in [-0.2, 0) is 5.41 Å². The molecule has 114 valence electrons. The molecule has 0 unspecified atom stereocenters. The minimum atomic E-state index is -0.0532. The van der Waals surface area contributed by atoms with Crippen LogP contribution < -0.4 is 4.74 Å². The highest BCUT2D eigenvalue weighted by Gasteiger charge is 2.33. The lowest BCUT2D eigenvalue weighted by Crippen LogP contribution is -2.24. The van der Waals surface area contributed by atoms with Crippen molar-refractivity contribution < 1.29 is 4.74 Å². The van der Waals surface area contributed by atoms with Crippen LogP contribution in [-0.4, -0.2) is 0 Å². The van der Waals surface area contributed by atoms with Crippen molar-refractivity contribution in [2.24, 2.45) is 0 Å². The van der Waals surface area contributed by atoms with E-state index in [0.29, 0.717) is 0 Å². The lowest BCUT2D eigenvalue weighted by molar-refractivity contribution is 0.418. The molecule has 1 aliphatic rings. The van der Waals surface area contributed by atoms with Gasteiger partial charge in [0.1, 0.15) is 11.5 Å². The Morgan fingerprint density at radius 2 is 1.39 bits per heavy atom. The van der Waals surface area contributed by atoms with E-state index in [9.17, 15) is 0 Å². The quantitative estimate of drug-likeness (QED) is 0.475. The zero-order valence-corrected chi connectivity index (χ0v) is 14.7. The van der Waals surface area contributed by atoms with Crippen molar-refractivity contribution in [3.05, 3.63) is 82.3 Å². The Kier molecular flexibility index (Phi) is 3.31. The number of benzene rings is 3. The fourth-order valence-corrected chi connectivity index (χ4v) is 3.54. The van der Waals surface area contributed by atoms with Gasteiger partial charge in [-0.25, -0.2) is 0 Å². The molecule has 0 aliphatic carbocycles. The van der Waals surface area contributed by atoms with Gasteiger partial charge in [-0.2, -0.15) is 0 Å². The van der Waals surface area contributed by atoms with Crippen LogP contribution in [0.15, 0.2) is 71.2 Å². The average molecular weight is 365 g/mol. The van der Waals surface area contributed by atoms with Gasteiger partial charge in [0.15, 0.2) is 0 Å². The Morgan fingerprint density at radius 1 is 0.739 bits per heavy atom. The van der Waals surface area contributed by atoms with Crippen molar-refractivity contribution in [1.82, 2.24) is 0 Å². The largest absolute Gasteiger partial charge is 0.457 e. The fraction of sp³-hybridized carbons (Fsp3) is 0.143. The molecule has 0 amide bonds. The second-order valence-electron chi connectivity index (χ2n) is 6.44. The smallest absolute Gasteiger partial charge is 0.132 e. The molecular formula is C21H17BrO. The van der Waals surface area contributed by atoms with Crippen LogP contribution in [0.25, 0.3) is 11.1 Å². The topological polar surface area (TPSA) is 9.23 Å². The second-order valence-corrected chi connectivity index (χ2v) is 7.36. The first kappa shape index (κ1) is 14.5. The molecule has 4 rings (SSSR count). The zero-order valence-electron chi connectivity index (χ0n) is 13.1. The molecule has 0 saturated heterocycles. The molecule has 0 spiro atoms. The lowest BCUT2D eigenvalue weighted by atomic mass is 9.75. The summed E-state index contributed by atoms with van der Waals surface area (Å²) >= 11 is 3.49. The van der Waals surface area contributed by atoms with E-state index in [1.165, 1.54) is 22.3 Å². The standard InChI is InChI=1S/C21H17BrO/c1-21(2)17-5-3-4-6-19(17)23-20-13-15(9-12-18(20)21)14-7-10-16(22)11-8-14/h3-13H,1-2H3. The van der Waals surface area contributed by atoms with E-state index in [1.54, 1.807) is 0 Å². The van der Waals surface area contributed by atoms with Gasteiger partial charge in [0.25, 0.3) is 0 Å². The van der Waals surface area contributed by atoms with Crippen molar-refractivity contribution in [1.29, 1.82) is 0 Å². The molecule has 1 nitrogen and oxygen atoms in total. The summed E-state index contributed by atoms with van der Waals surface area (Å²) in [6.45, 7) is 4.51. The van der Waals surface area contributed by atoms with E-state index >= 15 is 0 Å². The fourth-order valence-electron chi connectivity index (χ4n) is 3.28. The first-order valence-corrected chi connectivity index (χ1v) is 8.53. The molecule has 23 heavy (non-hydrogen) atoms. The van der Waals surface area contributed by atoms with Gasteiger partial charge in [-0.15, -0.1) is 0 Å². The van der Waals surface area contributed by atoms with Gasteiger partial charge in [0.05, 0.1) is 0 Å². The van der Waals surface area contributed by atoms with Gasteiger partial charge in [-0.3, -0.25) is 0 Å². The van der Waals surface area contributed by atoms with E-state index in [1.807, 2.05) is 12.1 Å². The van der Waals surface area contributed by atoms with Crippen LogP contribution in [0.2, 0.25) is 0 Å². The van der Waals surface area contributed by atoms with Gasteiger partial charge < -0.3 is 4.74 Å². The first-order valence-electron chi connectivity index (χ1n) is 7.73. The average Bonchev–Trinajstić information content (AvgIpc) is 2.55. The summed E-state index contributed by atoms with van der Waals surface area (Å²) < 4.78 is 7.28. The van der Waals surface area contributed by atoms with Gasteiger partial charge in [-0.1, -0.05) is 72.2 Å². The monoisotopic (exact) mass is 364 g/mol. The minimum Gasteiger partial charge on any atom is -0.457 e. The van der Waals surface area contributed by atoms with Crippen LogP contribution in [0.1, 0.15) is 25.0 Å². The highest BCUT2D eigenvalue weighted by Crippen LogP contribution is 2.48. The van der Waals surface area contributed by atoms with Crippen LogP contribution in [0.4, 0.5) is 0 Å². The molecule has 2 heteroatoms. The maximum atomic E-state index is 6.19. The number of fused-ring (bicyclic) bond motifs is 2. The van der Waals surface area contributed by atoms with Crippen LogP contribution in [0.5, 0.6) is 11.5 Å². The summed E-state index contributed by atoms with van der Waals surface area (Å²) in [5.74, 6) is 1.91. The summed E-state index contributed by atoms with van der Waals surface area (Å²) in [7, 11) is 0. The van der Waals surface area contributed by atoms with E-state index < -0.39 is 0 Å². The SMILES string of the molecule is CC1(C)c2ccccc2Oc2cc(-c3ccc(Br)cc3)ccc21. The first-order chi connectivity index (χ1) is 11.1. The molecule has 0 aromatic heterocycles. The Hall–Kier alpha value is -2.06. The summed E-state index contributed by atoms with van der Waals surface area (Å²) in [5, 5.41) is 0. The van der Waals surface area contributed by atoms with Crippen molar-refractivity contribution in [2.75, 3.05) is 0 Å². The molecule has 0 radical (unpaired) electrons. The minimum absolute atomic E-state index is 0.0532. The molecule has 0 saturated carbocycles. The Bertz CT molecular complexity index is 879. The molecule has 0 N–H and O–H groups in total. The number of halogens is 1. The van der Waals surface area contributed by atoms with Crippen molar-refractivity contribution in [3.63, 3.8) is 0 Å². The number of ether oxygens (including phenoxy) is 1. The van der Waals surface area contributed by atoms with Crippen LogP contribution >= 0.6 is 15.9 Å². The lowest BCUT2D eigenvalue weighted by Gasteiger charge is -2.34. The van der Waals surface area contributed by atoms with Crippen molar-refractivity contribution >= 4 is 15.9 Å². The molecule has 1 heterocycles. The zero-order chi connectivity index (χ0) is 16.0. The van der Waals surface area contributed by atoms with E-state index in [2.05, 4.69) is 84.4 Å². The Balaban J connectivity index is 1.84. The Labute approximate surface area is 145 Å². The third-order valence-corrected chi connectivity index (χ3v) is 5.14. The predicted molar refractivity (Wildman–Crippen MR) is 98.2 cm³/mol. The van der Waals surface area contributed by atoms with Crippen molar-refractivity contribution in [2.45, 2.75) is 19.3 Å². The normalized spacial score (nSPS) is 14.6. The second kappa shape index (κ2) is 5.24. The van der Waals surface area contributed by atoms with Crippen molar-refractivity contribution in [3.8, 4) is 22.6 Å². The number of hydrogen-bond donors (Lipinski definition) is 0. The number of rotatable bonds is 1. The molecule has 0 atom stereocenters. The highest BCUT2D eigenvalue weighted by molar-refractivity contribution is 9.10. The van der Waals surface area contributed by atoms with Crippen LogP contribution in [0.3, 0.4) is 0 Å². The van der Waals surface area contributed by atoms with Gasteiger partial charge >= 0.3 is 0 Å². The van der Waals surface area contributed by atoms with Gasteiger partial charge in [0.2, 0.25) is 0 Å². The number of para-hydroxylation sites is 1. The van der Waals surface area contributed by atoms with E-state index in [4.69, 9.17) is 4.74 Å². The third kappa shape index (κ3) is 2.38. The summed E-state index contributed by atoms with van der Waals surface area (Å²) in [6.07, 6.45) is 0. The van der Waals surface area contributed by atoms with Gasteiger partial charge in [0, 0.05) is 21.0 Å². The van der Waals surface area contributed by atoms with E-state index in [-0.39, 0.29) is 5.41 Å². The highest BCUT2D eigenvalue weighted by atomic mass is 79.9.